The van der Waals surface area contributed by atoms with Gasteiger partial charge in [-0.05, 0) is 37.8 Å². The minimum absolute atomic E-state index is 0.105. The van der Waals surface area contributed by atoms with Crippen molar-refractivity contribution in [3.63, 3.8) is 0 Å². The number of anilines is 1. The SMILES string of the molecule is Cc1cc(NCC2CC2)cc(C(=O)O)n1. The van der Waals surface area contributed by atoms with E-state index in [1.165, 1.54) is 12.8 Å². The Morgan fingerprint density at radius 3 is 2.93 bits per heavy atom. The van der Waals surface area contributed by atoms with E-state index in [1.54, 1.807) is 13.0 Å². The maximum Gasteiger partial charge on any atom is 0.354 e. The normalized spacial score (nSPS) is 15.0. The Bertz CT molecular complexity index is 386. The molecule has 0 radical (unpaired) electrons. The summed E-state index contributed by atoms with van der Waals surface area (Å²) >= 11 is 0. The van der Waals surface area contributed by atoms with Gasteiger partial charge in [0.05, 0.1) is 0 Å². The Kier molecular flexibility index (Phi) is 2.58. The molecular weight excluding hydrogens is 192 g/mol. The van der Waals surface area contributed by atoms with Crippen LogP contribution in [0.4, 0.5) is 5.69 Å². The van der Waals surface area contributed by atoms with Gasteiger partial charge >= 0.3 is 5.97 Å². The number of aromatic nitrogens is 1. The molecule has 1 saturated carbocycles. The van der Waals surface area contributed by atoms with E-state index in [4.69, 9.17) is 5.11 Å². The molecule has 0 amide bonds. The van der Waals surface area contributed by atoms with Gasteiger partial charge in [-0.25, -0.2) is 9.78 Å². The molecule has 80 valence electrons. The standard InChI is InChI=1S/C11H14N2O2/c1-7-4-9(12-6-8-2-3-8)5-10(13-7)11(14)15/h4-5,8H,2-3,6H2,1H3,(H,12,13)(H,14,15). The minimum atomic E-state index is -0.979. The van der Waals surface area contributed by atoms with Crippen LogP contribution in [0.15, 0.2) is 12.1 Å². The molecule has 4 nitrogen and oxygen atoms in total. The fourth-order valence-corrected chi connectivity index (χ4v) is 1.46. The Hall–Kier alpha value is -1.58. The summed E-state index contributed by atoms with van der Waals surface area (Å²) in [5, 5.41) is 12.1. The van der Waals surface area contributed by atoms with Crippen molar-refractivity contribution in [3.8, 4) is 0 Å². The molecule has 1 fully saturated rings. The van der Waals surface area contributed by atoms with Gasteiger partial charge in [0.1, 0.15) is 0 Å². The van der Waals surface area contributed by atoms with Crippen molar-refractivity contribution >= 4 is 11.7 Å². The van der Waals surface area contributed by atoms with Gasteiger partial charge in [0.2, 0.25) is 0 Å². The number of nitrogens with one attached hydrogen (secondary N) is 1. The molecule has 1 aliphatic carbocycles. The summed E-state index contributed by atoms with van der Waals surface area (Å²) in [7, 11) is 0. The fraction of sp³-hybridized carbons (Fsp3) is 0.455. The summed E-state index contributed by atoms with van der Waals surface area (Å²) in [4.78, 5) is 14.7. The third-order valence-corrected chi connectivity index (χ3v) is 2.46. The topological polar surface area (TPSA) is 62.2 Å². The van der Waals surface area contributed by atoms with Gasteiger partial charge in [0.25, 0.3) is 0 Å². The van der Waals surface area contributed by atoms with Crippen molar-refractivity contribution in [1.82, 2.24) is 4.98 Å². The van der Waals surface area contributed by atoms with Crippen LogP contribution in [-0.2, 0) is 0 Å². The quantitative estimate of drug-likeness (QED) is 0.790. The second-order valence-corrected chi connectivity index (χ2v) is 4.01. The van der Waals surface area contributed by atoms with Gasteiger partial charge in [-0.15, -0.1) is 0 Å². The highest BCUT2D eigenvalue weighted by Gasteiger charge is 2.20. The van der Waals surface area contributed by atoms with Gasteiger partial charge in [-0.3, -0.25) is 0 Å². The van der Waals surface area contributed by atoms with Crippen LogP contribution in [0.1, 0.15) is 29.0 Å². The number of aryl methyl sites for hydroxylation is 1. The Balaban J connectivity index is 2.10. The van der Waals surface area contributed by atoms with Crippen LogP contribution in [0.2, 0.25) is 0 Å². The smallest absolute Gasteiger partial charge is 0.354 e. The van der Waals surface area contributed by atoms with Crippen molar-refractivity contribution in [1.29, 1.82) is 0 Å². The van der Waals surface area contributed by atoms with Gasteiger partial charge in [-0.1, -0.05) is 0 Å². The Morgan fingerprint density at radius 2 is 2.33 bits per heavy atom. The van der Waals surface area contributed by atoms with Crippen molar-refractivity contribution < 1.29 is 9.90 Å². The molecule has 1 aliphatic rings. The molecule has 0 unspecified atom stereocenters. The molecule has 0 atom stereocenters. The van der Waals surface area contributed by atoms with Crippen LogP contribution < -0.4 is 5.32 Å². The lowest BCUT2D eigenvalue weighted by Gasteiger charge is -2.06. The molecule has 15 heavy (non-hydrogen) atoms. The zero-order valence-corrected chi connectivity index (χ0v) is 8.66. The number of carbonyl (C=O) groups is 1. The lowest BCUT2D eigenvalue weighted by atomic mass is 10.2. The average Bonchev–Trinajstić information content (AvgIpc) is 2.97. The number of rotatable bonds is 4. The lowest BCUT2D eigenvalue weighted by molar-refractivity contribution is 0.0690. The molecule has 2 N–H and O–H groups in total. The maximum atomic E-state index is 10.8. The number of carboxylic acids is 1. The molecule has 0 bridgehead atoms. The minimum Gasteiger partial charge on any atom is -0.477 e. The third kappa shape index (κ3) is 2.68. The summed E-state index contributed by atoms with van der Waals surface area (Å²) in [6, 6.07) is 3.45. The predicted octanol–water partition coefficient (Wildman–Crippen LogP) is 1.91. The van der Waals surface area contributed by atoms with Gasteiger partial charge < -0.3 is 10.4 Å². The summed E-state index contributed by atoms with van der Waals surface area (Å²) < 4.78 is 0. The molecule has 4 heteroatoms. The van der Waals surface area contributed by atoms with Crippen LogP contribution in [-0.4, -0.2) is 22.6 Å². The first-order valence-corrected chi connectivity index (χ1v) is 5.11. The highest BCUT2D eigenvalue weighted by molar-refractivity contribution is 5.86. The number of pyridine rings is 1. The predicted molar refractivity (Wildman–Crippen MR) is 57.1 cm³/mol. The molecule has 0 aliphatic heterocycles. The molecule has 0 spiro atoms. The highest BCUT2D eigenvalue weighted by Crippen LogP contribution is 2.29. The first-order valence-electron chi connectivity index (χ1n) is 5.11. The number of hydrogen-bond acceptors (Lipinski definition) is 3. The molecule has 2 rings (SSSR count). The maximum absolute atomic E-state index is 10.8. The van der Waals surface area contributed by atoms with Crippen molar-refractivity contribution in [2.24, 2.45) is 5.92 Å². The number of aromatic carboxylic acids is 1. The van der Waals surface area contributed by atoms with E-state index in [2.05, 4.69) is 10.3 Å². The first-order chi connectivity index (χ1) is 7.15. The molecule has 1 aromatic rings. The summed E-state index contributed by atoms with van der Waals surface area (Å²) in [5.41, 5.74) is 1.69. The molecule has 1 heterocycles. The average molecular weight is 206 g/mol. The molecular formula is C11H14N2O2. The lowest BCUT2D eigenvalue weighted by Crippen LogP contribution is -2.07. The highest BCUT2D eigenvalue weighted by atomic mass is 16.4. The monoisotopic (exact) mass is 206 g/mol. The van der Waals surface area contributed by atoms with Gasteiger partial charge in [0.15, 0.2) is 5.69 Å². The van der Waals surface area contributed by atoms with E-state index < -0.39 is 5.97 Å². The number of nitrogens with zero attached hydrogens (tertiary/aromatic N) is 1. The van der Waals surface area contributed by atoms with E-state index in [0.29, 0.717) is 0 Å². The van der Waals surface area contributed by atoms with Crippen LogP contribution >= 0.6 is 0 Å². The molecule has 0 aromatic carbocycles. The van der Waals surface area contributed by atoms with Crippen molar-refractivity contribution in [2.75, 3.05) is 11.9 Å². The summed E-state index contributed by atoms with van der Waals surface area (Å²) in [6.07, 6.45) is 2.56. The second-order valence-electron chi connectivity index (χ2n) is 4.01. The molecule has 0 saturated heterocycles. The van der Waals surface area contributed by atoms with E-state index in [9.17, 15) is 4.79 Å². The van der Waals surface area contributed by atoms with Crippen molar-refractivity contribution in [2.45, 2.75) is 19.8 Å². The van der Waals surface area contributed by atoms with E-state index in [1.807, 2.05) is 6.07 Å². The number of carboxylic acid groups (broad SMARTS) is 1. The van der Waals surface area contributed by atoms with Gasteiger partial charge in [-0.2, -0.15) is 0 Å². The zero-order chi connectivity index (χ0) is 10.8. The van der Waals surface area contributed by atoms with Crippen LogP contribution in [0, 0.1) is 12.8 Å². The molecule has 1 aromatic heterocycles. The van der Waals surface area contributed by atoms with E-state index in [0.717, 1.165) is 23.8 Å². The zero-order valence-electron chi connectivity index (χ0n) is 8.66. The fourth-order valence-electron chi connectivity index (χ4n) is 1.46. The second kappa shape index (κ2) is 3.88. The van der Waals surface area contributed by atoms with Crippen LogP contribution in [0.5, 0.6) is 0 Å². The number of hydrogen-bond donors (Lipinski definition) is 2. The summed E-state index contributed by atoms with van der Waals surface area (Å²) in [5.74, 6) is -0.208. The van der Waals surface area contributed by atoms with E-state index in [-0.39, 0.29) is 5.69 Å². The van der Waals surface area contributed by atoms with Crippen LogP contribution in [0.25, 0.3) is 0 Å². The third-order valence-electron chi connectivity index (χ3n) is 2.46. The Labute approximate surface area is 88.3 Å². The van der Waals surface area contributed by atoms with Crippen molar-refractivity contribution in [3.05, 3.63) is 23.5 Å². The largest absolute Gasteiger partial charge is 0.477 e. The first kappa shape index (κ1) is 9.96. The van der Waals surface area contributed by atoms with E-state index >= 15 is 0 Å². The van der Waals surface area contributed by atoms with Crippen LogP contribution in [0.3, 0.4) is 0 Å². The summed E-state index contributed by atoms with van der Waals surface area (Å²) in [6.45, 7) is 2.73. The van der Waals surface area contributed by atoms with Gasteiger partial charge in [0, 0.05) is 17.9 Å². The Morgan fingerprint density at radius 1 is 1.60 bits per heavy atom.